The van der Waals surface area contributed by atoms with Gasteiger partial charge in [-0.3, -0.25) is 0 Å². The minimum atomic E-state index is -0.500. The van der Waals surface area contributed by atoms with Gasteiger partial charge in [0, 0.05) is 13.0 Å². The molecule has 0 bridgehead atoms. The van der Waals surface area contributed by atoms with Crippen LogP contribution in [0.15, 0.2) is 17.8 Å². The Balaban J connectivity index is 2.07. The van der Waals surface area contributed by atoms with Gasteiger partial charge in [0.15, 0.2) is 0 Å². The Morgan fingerprint density at radius 1 is 1.50 bits per heavy atom. The normalized spacial score (nSPS) is 13.2. The summed E-state index contributed by atoms with van der Waals surface area (Å²) in [5, 5.41) is 16.4. The zero-order valence-corrected chi connectivity index (χ0v) is 13.4. The summed E-state index contributed by atoms with van der Waals surface area (Å²) in [7, 11) is 0. The van der Waals surface area contributed by atoms with Crippen LogP contribution in [0.3, 0.4) is 0 Å². The number of aromatic nitrogens is 3. The van der Waals surface area contributed by atoms with Crippen molar-refractivity contribution in [2.24, 2.45) is 5.92 Å². The molecule has 18 heavy (non-hydrogen) atoms. The highest BCUT2D eigenvalue weighted by Crippen LogP contribution is 2.24. The van der Waals surface area contributed by atoms with Gasteiger partial charge in [-0.05, 0) is 45.5 Å². The molecule has 0 aliphatic rings. The van der Waals surface area contributed by atoms with Crippen molar-refractivity contribution in [3.8, 4) is 0 Å². The molecule has 0 aliphatic carbocycles. The van der Waals surface area contributed by atoms with E-state index in [2.05, 4.69) is 46.5 Å². The van der Waals surface area contributed by atoms with Crippen molar-refractivity contribution >= 4 is 33.9 Å². The van der Waals surface area contributed by atoms with E-state index < -0.39 is 6.10 Å². The average Bonchev–Trinajstić information content (AvgIpc) is 2.88. The summed E-state index contributed by atoms with van der Waals surface area (Å²) in [6, 6.07) is 2.01. The van der Waals surface area contributed by atoms with Crippen LogP contribution in [0.5, 0.6) is 0 Å². The van der Waals surface area contributed by atoms with Crippen LogP contribution in [0.2, 0.25) is 0 Å². The van der Waals surface area contributed by atoms with E-state index in [9.17, 15) is 5.11 Å². The van der Waals surface area contributed by atoms with Crippen molar-refractivity contribution in [3.05, 3.63) is 32.0 Å². The van der Waals surface area contributed by atoms with Gasteiger partial charge in [-0.2, -0.15) is 5.10 Å². The Labute approximate surface area is 124 Å². The maximum atomic E-state index is 10.2. The molecule has 98 valence electrons. The van der Waals surface area contributed by atoms with E-state index in [1.807, 2.05) is 16.1 Å². The molecule has 0 aliphatic heterocycles. The van der Waals surface area contributed by atoms with Gasteiger partial charge in [0.05, 0.1) is 8.99 Å². The molecule has 2 aromatic heterocycles. The van der Waals surface area contributed by atoms with Gasteiger partial charge in [0.2, 0.25) is 0 Å². The SMILES string of the molecule is CC(C)Cn1ncnc1CC(O)c1csc(I)c1. The van der Waals surface area contributed by atoms with Crippen molar-refractivity contribution in [2.75, 3.05) is 0 Å². The Kier molecular flexibility index (Phi) is 4.74. The number of hydrogen-bond donors (Lipinski definition) is 1. The van der Waals surface area contributed by atoms with Crippen molar-refractivity contribution < 1.29 is 5.11 Å². The van der Waals surface area contributed by atoms with Crippen LogP contribution in [-0.4, -0.2) is 19.9 Å². The molecule has 0 saturated heterocycles. The first-order chi connectivity index (χ1) is 8.56. The van der Waals surface area contributed by atoms with Crippen LogP contribution in [0, 0.1) is 8.80 Å². The van der Waals surface area contributed by atoms with Crippen LogP contribution >= 0.6 is 33.9 Å². The van der Waals surface area contributed by atoms with Crippen molar-refractivity contribution in [3.63, 3.8) is 0 Å². The van der Waals surface area contributed by atoms with Crippen LogP contribution < -0.4 is 0 Å². The summed E-state index contributed by atoms with van der Waals surface area (Å²) in [4.78, 5) is 4.23. The smallest absolute Gasteiger partial charge is 0.138 e. The summed E-state index contributed by atoms with van der Waals surface area (Å²) in [6.07, 6.45) is 1.57. The van der Waals surface area contributed by atoms with Gasteiger partial charge in [-0.15, -0.1) is 11.3 Å². The lowest BCUT2D eigenvalue weighted by molar-refractivity contribution is 0.174. The predicted molar refractivity (Wildman–Crippen MR) is 80.6 cm³/mol. The van der Waals surface area contributed by atoms with Crippen molar-refractivity contribution in [1.82, 2.24) is 14.8 Å². The highest BCUT2D eigenvalue weighted by atomic mass is 127. The monoisotopic (exact) mass is 377 g/mol. The molecule has 1 unspecified atom stereocenters. The fourth-order valence-electron chi connectivity index (χ4n) is 1.73. The second-order valence-electron chi connectivity index (χ2n) is 4.66. The first-order valence-electron chi connectivity index (χ1n) is 5.85. The van der Waals surface area contributed by atoms with Crippen LogP contribution in [0.1, 0.15) is 31.3 Å². The molecule has 1 N–H and O–H groups in total. The second-order valence-corrected chi connectivity index (χ2v) is 7.46. The predicted octanol–water partition coefficient (Wildman–Crippen LogP) is 2.88. The van der Waals surface area contributed by atoms with Gasteiger partial charge in [0.1, 0.15) is 12.2 Å². The minimum absolute atomic E-state index is 0.500. The Morgan fingerprint density at radius 2 is 2.28 bits per heavy atom. The first-order valence-corrected chi connectivity index (χ1v) is 7.80. The molecule has 0 radical (unpaired) electrons. The number of thiophene rings is 1. The van der Waals surface area contributed by atoms with E-state index >= 15 is 0 Å². The Morgan fingerprint density at radius 3 is 2.89 bits per heavy atom. The number of aliphatic hydroxyl groups excluding tert-OH is 1. The third kappa shape index (κ3) is 3.52. The zero-order valence-electron chi connectivity index (χ0n) is 10.4. The van der Waals surface area contributed by atoms with Gasteiger partial charge >= 0.3 is 0 Å². The first kappa shape index (κ1) is 14.0. The van der Waals surface area contributed by atoms with Crippen LogP contribution in [0.4, 0.5) is 0 Å². The molecule has 0 spiro atoms. The van der Waals surface area contributed by atoms with E-state index in [0.717, 1.165) is 17.9 Å². The van der Waals surface area contributed by atoms with Crippen LogP contribution in [0.25, 0.3) is 0 Å². The Hall–Kier alpha value is -0.470. The van der Waals surface area contributed by atoms with E-state index in [0.29, 0.717) is 12.3 Å². The number of nitrogens with zero attached hydrogens (tertiary/aromatic N) is 3. The second kappa shape index (κ2) is 6.12. The number of halogens is 1. The average molecular weight is 377 g/mol. The Bertz CT molecular complexity index is 509. The number of rotatable bonds is 5. The third-order valence-corrected chi connectivity index (χ3v) is 4.39. The maximum absolute atomic E-state index is 10.2. The van der Waals surface area contributed by atoms with Gasteiger partial charge in [-0.25, -0.2) is 9.67 Å². The molecule has 4 nitrogen and oxygen atoms in total. The molecule has 6 heteroatoms. The highest BCUT2D eigenvalue weighted by molar-refractivity contribution is 14.1. The summed E-state index contributed by atoms with van der Waals surface area (Å²) >= 11 is 3.90. The molecule has 1 atom stereocenters. The fraction of sp³-hybridized carbons (Fsp3) is 0.500. The lowest BCUT2D eigenvalue weighted by Gasteiger charge is -2.11. The van der Waals surface area contributed by atoms with E-state index in [1.165, 1.54) is 2.88 Å². The minimum Gasteiger partial charge on any atom is -0.388 e. The molecule has 0 amide bonds. The maximum Gasteiger partial charge on any atom is 0.138 e. The van der Waals surface area contributed by atoms with Gasteiger partial charge in [-0.1, -0.05) is 13.8 Å². The molecule has 0 aromatic carbocycles. The summed E-state index contributed by atoms with van der Waals surface area (Å²) in [6.45, 7) is 5.12. The highest BCUT2D eigenvalue weighted by Gasteiger charge is 2.15. The number of hydrogen-bond acceptors (Lipinski definition) is 4. The molecule has 0 fully saturated rings. The molecule has 2 rings (SSSR count). The summed E-state index contributed by atoms with van der Waals surface area (Å²) in [5.41, 5.74) is 0.962. The lowest BCUT2D eigenvalue weighted by Crippen LogP contribution is -2.13. The van der Waals surface area contributed by atoms with E-state index in [1.54, 1.807) is 17.7 Å². The molecular formula is C12H16IN3OS. The standard InChI is InChI=1S/C12H16IN3OS/c1-8(2)5-16-12(14-7-15-16)4-10(17)9-3-11(13)18-6-9/h3,6-8,10,17H,4-5H2,1-2H3. The molecule has 2 aromatic rings. The van der Waals surface area contributed by atoms with Gasteiger partial charge in [0.25, 0.3) is 0 Å². The molecule has 2 heterocycles. The largest absolute Gasteiger partial charge is 0.388 e. The van der Waals surface area contributed by atoms with E-state index in [4.69, 9.17) is 0 Å². The van der Waals surface area contributed by atoms with Crippen LogP contribution in [-0.2, 0) is 13.0 Å². The lowest BCUT2D eigenvalue weighted by atomic mass is 10.1. The fourth-order valence-corrected chi connectivity index (χ4v) is 3.15. The van der Waals surface area contributed by atoms with Crippen molar-refractivity contribution in [1.29, 1.82) is 0 Å². The number of aliphatic hydroxyl groups is 1. The molecule has 0 saturated carbocycles. The zero-order chi connectivity index (χ0) is 13.1. The third-order valence-electron chi connectivity index (χ3n) is 2.58. The van der Waals surface area contributed by atoms with E-state index in [-0.39, 0.29) is 0 Å². The quantitative estimate of drug-likeness (QED) is 0.816. The van der Waals surface area contributed by atoms with Crippen molar-refractivity contribution in [2.45, 2.75) is 32.9 Å². The summed E-state index contributed by atoms with van der Waals surface area (Å²) in [5.74, 6) is 1.36. The summed E-state index contributed by atoms with van der Waals surface area (Å²) < 4.78 is 3.07. The molecular weight excluding hydrogens is 361 g/mol. The topological polar surface area (TPSA) is 50.9 Å². The van der Waals surface area contributed by atoms with Gasteiger partial charge < -0.3 is 5.11 Å².